The lowest BCUT2D eigenvalue weighted by molar-refractivity contribution is -0.121. The number of aromatic nitrogens is 2. The Morgan fingerprint density at radius 3 is 1.90 bits per heavy atom. The van der Waals surface area contributed by atoms with Crippen LogP contribution in [0.4, 0.5) is 0 Å². The Labute approximate surface area is 189 Å². The number of aliphatic hydroxyl groups is 2. The molecule has 0 fully saturated rings. The van der Waals surface area contributed by atoms with Crippen molar-refractivity contribution < 1.29 is 19.8 Å². The zero-order chi connectivity index (χ0) is 22.1. The van der Waals surface area contributed by atoms with Gasteiger partial charge in [-0.2, -0.15) is 0 Å². The molecule has 0 unspecified atom stereocenters. The van der Waals surface area contributed by atoms with Crippen LogP contribution in [0, 0.1) is 0 Å². The van der Waals surface area contributed by atoms with Crippen molar-refractivity contribution in [1.29, 1.82) is 0 Å². The first kappa shape index (κ1) is 23.4. The zero-order valence-electron chi connectivity index (χ0n) is 17.2. The summed E-state index contributed by atoms with van der Waals surface area (Å²) in [6, 6.07) is 7.05. The van der Waals surface area contributed by atoms with E-state index in [1.807, 2.05) is 10.8 Å². The van der Waals surface area contributed by atoms with E-state index in [9.17, 15) is 14.7 Å². The van der Waals surface area contributed by atoms with Crippen molar-refractivity contribution >= 4 is 34.2 Å². The van der Waals surface area contributed by atoms with Gasteiger partial charge >= 0.3 is 0 Å². The first-order valence-electron chi connectivity index (χ1n) is 10.3. The number of hydrogen-bond donors (Lipinski definition) is 2. The summed E-state index contributed by atoms with van der Waals surface area (Å²) < 4.78 is 0. The van der Waals surface area contributed by atoms with Gasteiger partial charge in [-0.3, -0.25) is 9.59 Å². The van der Waals surface area contributed by atoms with Crippen molar-refractivity contribution in [2.24, 2.45) is 0 Å². The van der Waals surface area contributed by atoms with E-state index < -0.39 is 5.60 Å². The van der Waals surface area contributed by atoms with Gasteiger partial charge in [-0.25, -0.2) is 9.97 Å². The first-order valence-corrected chi connectivity index (χ1v) is 12.1. The highest BCUT2D eigenvalue weighted by Gasteiger charge is 2.39. The number of Topliss-reactive ketones (excluding diaryl/α,β-unsaturated/α-hetero) is 2. The second-order valence-corrected chi connectivity index (χ2v) is 9.14. The van der Waals surface area contributed by atoms with E-state index in [1.54, 1.807) is 36.7 Å². The van der Waals surface area contributed by atoms with E-state index in [1.165, 1.54) is 22.7 Å². The molecule has 3 rings (SSSR count). The van der Waals surface area contributed by atoms with Gasteiger partial charge in [0, 0.05) is 41.6 Å². The smallest absolute Gasteiger partial charge is 0.193 e. The van der Waals surface area contributed by atoms with Gasteiger partial charge in [-0.1, -0.05) is 43.5 Å². The zero-order valence-corrected chi connectivity index (χ0v) is 18.8. The Kier molecular flexibility index (Phi) is 8.60. The van der Waals surface area contributed by atoms with Crippen LogP contribution in [-0.2, 0) is 10.4 Å². The lowest BCUT2D eigenvalue weighted by Crippen LogP contribution is -2.28. The Morgan fingerprint density at radius 2 is 1.39 bits per heavy atom. The molecule has 1 aromatic carbocycles. The van der Waals surface area contributed by atoms with Gasteiger partial charge in [0.05, 0.1) is 0 Å². The number of nitrogens with zero attached hydrogens (tertiary/aromatic N) is 2. The summed E-state index contributed by atoms with van der Waals surface area (Å²) in [6.45, 7) is -0.377. The third-order valence-electron chi connectivity index (χ3n) is 5.14. The predicted octanol–water partition coefficient (Wildman–Crippen LogP) is 4.36. The lowest BCUT2D eigenvalue weighted by Gasteiger charge is -2.24. The summed E-state index contributed by atoms with van der Waals surface area (Å²) in [4.78, 5) is 32.2. The third-order valence-corrected chi connectivity index (χ3v) is 6.91. The second kappa shape index (κ2) is 11.4. The summed E-state index contributed by atoms with van der Waals surface area (Å²) in [6.07, 6.45) is 8.63. The number of aliphatic hydroxyl groups excluding tert-OH is 1. The van der Waals surface area contributed by atoms with Crippen LogP contribution >= 0.6 is 22.7 Å². The summed E-state index contributed by atoms with van der Waals surface area (Å²) in [5.41, 5.74) is -0.175. The van der Waals surface area contributed by atoms with Gasteiger partial charge in [0.1, 0.15) is 16.6 Å². The highest BCUT2D eigenvalue weighted by Crippen LogP contribution is 2.38. The SMILES string of the molecule is O=C(CO)CCCCCCCC(=O)c1ccc(C(O)(c2nccs2)c2nccs2)cc1. The van der Waals surface area contributed by atoms with Crippen LogP contribution in [0.15, 0.2) is 47.4 Å². The topological polar surface area (TPSA) is 100 Å². The fourth-order valence-corrected chi connectivity index (χ4v) is 4.98. The molecular weight excluding hydrogens is 432 g/mol. The van der Waals surface area contributed by atoms with E-state index in [-0.39, 0.29) is 18.2 Å². The number of unbranched alkanes of at least 4 members (excludes halogenated alkanes) is 4. The van der Waals surface area contributed by atoms with Gasteiger partial charge < -0.3 is 10.2 Å². The molecule has 6 nitrogen and oxygen atoms in total. The summed E-state index contributed by atoms with van der Waals surface area (Å²) >= 11 is 2.73. The number of carbonyl (C=O) groups excluding carboxylic acids is 2. The summed E-state index contributed by atoms with van der Waals surface area (Å²) in [5, 5.41) is 24.9. The van der Waals surface area contributed by atoms with Gasteiger partial charge in [0.2, 0.25) is 0 Å². The van der Waals surface area contributed by atoms with Crippen molar-refractivity contribution in [2.75, 3.05) is 6.61 Å². The standard InChI is InChI=1S/C23H26N2O4S2/c26-16-19(27)6-4-2-1-3-5-7-20(28)17-8-10-18(11-9-17)23(29,21-24-12-14-30-21)22-25-13-15-31-22/h8-15,26,29H,1-7,16H2. The number of hydrogen-bond acceptors (Lipinski definition) is 8. The predicted molar refractivity (Wildman–Crippen MR) is 122 cm³/mol. The van der Waals surface area contributed by atoms with Crippen LogP contribution in [0.3, 0.4) is 0 Å². The van der Waals surface area contributed by atoms with Crippen LogP contribution in [0.2, 0.25) is 0 Å². The average molecular weight is 459 g/mol. The normalized spacial score (nSPS) is 11.5. The van der Waals surface area contributed by atoms with E-state index in [0.29, 0.717) is 34.0 Å². The molecule has 0 radical (unpaired) electrons. The molecule has 3 aromatic rings. The Morgan fingerprint density at radius 1 is 0.839 bits per heavy atom. The molecule has 31 heavy (non-hydrogen) atoms. The molecule has 0 aliphatic carbocycles. The van der Waals surface area contributed by atoms with E-state index in [0.717, 1.165) is 32.1 Å². The molecule has 0 spiro atoms. The van der Waals surface area contributed by atoms with Crippen LogP contribution in [0.1, 0.15) is 70.9 Å². The fourth-order valence-electron chi connectivity index (χ4n) is 3.40. The molecule has 2 N–H and O–H groups in total. The van der Waals surface area contributed by atoms with Crippen LogP contribution < -0.4 is 0 Å². The molecule has 2 heterocycles. The quantitative estimate of drug-likeness (QED) is 0.292. The van der Waals surface area contributed by atoms with Crippen molar-refractivity contribution in [3.8, 4) is 0 Å². The minimum Gasteiger partial charge on any atom is -0.389 e. The van der Waals surface area contributed by atoms with Gasteiger partial charge in [0.15, 0.2) is 17.2 Å². The second-order valence-electron chi connectivity index (χ2n) is 7.35. The highest BCUT2D eigenvalue weighted by molar-refractivity contribution is 7.11. The van der Waals surface area contributed by atoms with E-state index in [4.69, 9.17) is 5.11 Å². The molecular formula is C23H26N2O4S2. The molecule has 0 aliphatic rings. The Balaban J connectivity index is 1.56. The molecule has 0 amide bonds. The van der Waals surface area contributed by atoms with Crippen molar-refractivity contribution in [3.05, 3.63) is 68.6 Å². The summed E-state index contributed by atoms with van der Waals surface area (Å²) in [5.74, 6) is -0.0377. The van der Waals surface area contributed by atoms with Crippen LogP contribution in [0.25, 0.3) is 0 Å². The third kappa shape index (κ3) is 5.92. The molecule has 0 bridgehead atoms. The van der Waals surface area contributed by atoms with E-state index in [2.05, 4.69) is 9.97 Å². The highest BCUT2D eigenvalue weighted by atomic mass is 32.1. The lowest BCUT2D eigenvalue weighted by atomic mass is 9.93. The molecule has 164 valence electrons. The molecule has 0 saturated carbocycles. The molecule has 0 saturated heterocycles. The fraction of sp³-hybridized carbons (Fsp3) is 0.391. The number of thiazole rings is 2. The summed E-state index contributed by atoms with van der Waals surface area (Å²) in [7, 11) is 0. The minimum absolute atomic E-state index is 0.0778. The number of ketones is 2. The average Bonchev–Trinajstić information content (AvgIpc) is 3.52. The minimum atomic E-state index is -1.43. The first-order chi connectivity index (χ1) is 15.1. The van der Waals surface area contributed by atoms with Gasteiger partial charge in [0.25, 0.3) is 0 Å². The Bertz CT molecular complexity index is 920. The Hall–Kier alpha value is -2.26. The van der Waals surface area contributed by atoms with Gasteiger partial charge in [-0.05, 0) is 18.4 Å². The van der Waals surface area contributed by atoms with Crippen molar-refractivity contribution in [2.45, 2.75) is 50.5 Å². The van der Waals surface area contributed by atoms with Crippen LogP contribution in [0.5, 0.6) is 0 Å². The molecule has 8 heteroatoms. The number of rotatable bonds is 13. The maximum atomic E-state index is 12.5. The maximum absolute atomic E-state index is 12.5. The number of benzene rings is 1. The molecule has 0 atom stereocenters. The molecule has 0 aliphatic heterocycles. The monoisotopic (exact) mass is 458 g/mol. The van der Waals surface area contributed by atoms with Gasteiger partial charge in [-0.15, -0.1) is 22.7 Å². The maximum Gasteiger partial charge on any atom is 0.193 e. The number of carbonyl (C=O) groups is 2. The van der Waals surface area contributed by atoms with E-state index >= 15 is 0 Å². The largest absolute Gasteiger partial charge is 0.389 e. The van der Waals surface area contributed by atoms with Crippen molar-refractivity contribution in [3.63, 3.8) is 0 Å². The molecule has 2 aromatic heterocycles. The van der Waals surface area contributed by atoms with Crippen molar-refractivity contribution in [1.82, 2.24) is 9.97 Å². The van der Waals surface area contributed by atoms with Crippen LogP contribution in [-0.4, -0.2) is 38.4 Å².